The largest absolute Gasteiger partial charge is 0.472 e. The van der Waals surface area contributed by atoms with Crippen LogP contribution in [0.25, 0.3) is 0 Å². The molecule has 1 aliphatic rings. The summed E-state index contributed by atoms with van der Waals surface area (Å²) in [5.41, 5.74) is 4.41. The lowest BCUT2D eigenvalue weighted by Gasteiger charge is -2.10. The number of furan rings is 1. The van der Waals surface area contributed by atoms with Crippen LogP contribution in [0, 0.1) is 5.92 Å². The monoisotopic (exact) mass is 440 g/mol. The maximum atomic E-state index is 11.8. The highest BCUT2D eigenvalue weighted by Gasteiger charge is 2.29. The van der Waals surface area contributed by atoms with Gasteiger partial charge in [-0.25, -0.2) is 4.79 Å². The summed E-state index contributed by atoms with van der Waals surface area (Å²) in [5.74, 6) is -0.0946. The minimum atomic E-state index is -0.458. The molecule has 1 aromatic rings. The van der Waals surface area contributed by atoms with E-state index < -0.39 is 11.9 Å². The molecular weight excluding hydrogens is 404 g/mol. The number of cyclic esters (lactones) is 1. The van der Waals surface area contributed by atoms with Crippen LogP contribution >= 0.6 is 0 Å². The fourth-order valence-electron chi connectivity index (χ4n) is 3.60. The van der Waals surface area contributed by atoms with Crippen molar-refractivity contribution < 1.29 is 23.5 Å². The van der Waals surface area contributed by atoms with Gasteiger partial charge in [-0.3, -0.25) is 4.79 Å². The number of ether oxygens (including phenoxy) is 2. The Morgan fingerprint density at radius 1 is 1.12 bits per heavy atom. The van der Waals surface area contributed by atoms with Gasteiger partial charge in [0, 0.05) is 6.92 Å². The molecule has 0 amide bonds. The van der Waals surface area contributed by atoms with Crippen LogP contribution in [0.5, 0.6) is 0 Å². The topological polar surface area (TPSA) is 65.7 Å². The van der Waals surface area contributed by atoms with Crippen LogP contribution in [-0.4, -0.2) is 11.9 Å². The van der Waals surface area contributed by atoms with E-state index in [0.29, 0.717) is 11.3 Å². The zero-order valence-corrected chi connectivity index (χ0v) is 20.0. The Morgan fingerprint density at radius 2 is 1.84 bits per heavy atom. The van der Waals surface area contributed by atoms with Gasteiger partial charge in [0.05, 0.1) is 18.1 Å². The average Bonchev–Trinajstić information content (AvgIpc) is 3.32. The first-order chi connectivity index (χ1) is 15.3. The molecule has 0 radical (unpaired) electrons. The summed E-state index contributed by atoms with van der Waals surface area (Å²) in [6.07, 6.45) is 17.3. The highest BCUT2D eigenvalue weighted by atomic mass is 16.6. The van der Waals surface area contributed by atoms with Crippen molar-refractivity contribution in [3.8, 4) is 0 Å². The van der Waals surface area contributed by atoms with E-state index in [1.54, 1.807) is 13.2 Å². The summed E-state index contributed by atoms with van der Waals surface area (Å²) in [6.45, 7) is 9.39. The minimum Gasteiger partial charge on any atom is -0.472 e. The van der Waals surface area contributed by atoms with Gasteiger partial charge < -0.3 is 13.9 Å². The van der Waals surface area contributed by atoms with E-state index in [2.05, 4.69) is 32.9 Å². The van der Waals surface area contributed by atoms with E-state index in [4.69, 9.17) is 13.9 Å². The Labute approximate surface area is 191 Å². The SMILES string of the molecule is CC(=O)OC1=C(C)C(=O)O/C1=C\[C@H](C)CCC/C(C)=C/CC/C(C)=C/CCc1ccoc1. The molecule has 5 nitrogen and oxygen atoms in total. The van der Waals surface area contributed by atoms with Gasteiger partial charge in [-0.05, 0) is 89.3 Å². The molecule has 0 unspecified atom stereocenters. The van der Waals surface area contributed by atoms with Gasteiger partial charge in [0.15, 0.2) is 11.5 Å². The molecule has 5 heteroatoms. The van der Waals surface area contributed by atoms with Gasteiger partial charge in [0.25, 0.3) is 0 Å². The van der Waals surface area contributed by atoms with Crippen LogP contribution in [0.3, 0.4) is 0 Å². The first-order valence-corrected chi connectivity index (χ1v) is 11.4. The summed E-state index contributed by atoms with van der Waals surface area (Å²) in [6, 6.07) is 2.02. The highest BCUT2D eigenvalue weighted by molar-refractivity contribution is 5.94. The number of hydrogen-bond donors (Lipinski definition) is 0. The van der Waals surface area contributed by atoms with Crippen LogP contribution in [-0.2, 0) is 25.5 Å². The van der Waals surface area contributed by atoms with Gasteiger partial charge in [-0.2, -0.15) is 0 Å². The molecule has 0 spiro atoms. The number of allylic oxidation sites excluding steroid dienone is 5. The number of carbonyl (C=O) groups is 2. The lowest BCUT2D eigenvalue weighted by atomic mass is 9.99. The third-order valence-electron chi connectivity index (χ3n) is 5.52. The highest BCUT2D eigenvalue weighted by Crippen LogP contribution is 2.29. The summed E-state index contributed by atoms with van der Waals surface area (Å²) < 4.78 is 15.5. The second-order valence-electron chi connectivity index (χ2n) is 8.65. The van der Waals surface area contributed by atoms with Crippen LogP contribution in [0.4, 0.5) is 0 Å². The third-order valence-corrected chi connectivity index (χ3v) is 5.52. The van der Waals surface area contributed by atoms with E-state index in [0.717, 1.165) is 44.9 Å². The summed E-state index contributed by atoms with van der Waals surface area (Å²) >= 11 is 0. The number of rotatable bonds is 12. The minimum absolute atomic E-state index is 0.211. The van der Waals surface area contributed by atoms with E-state index in [9.17, 15) is 9.59 Å². The van der Waals surface area contributed by atoms with E-state index >= 15 is 0 Å². The molecule has 1 atom stereocenters. The Bertz CT molecular complexity index is 896. The van der Waals surface area contributed by atoms with E-state index in [1.807, 2.05) is 18.4 Å². The number of aryl methyl sites for hydroxylation is 1. The summed E-state index contributed by atoms with van der Waals surface area (Å²) in [7, 11) is 0. The van der Waals surface area contributed by atoms with Crippen molar-refractivity contribution in [2.75, 3.05) is 0 Å². The Hall–Kier alpha value is -2.82. The van der Waals surface area contributed by atoms with Crippen molar-refractivity contribution in [3.05, 3.63) is 70.6 Å². The molecule has 0 aliphatic carbocycles. The summed E-state index contributed by atoms with van der Waals surface area (Å²) in [5, 5.41) is 0. The molecule has 2 rings (SSSR count). The molecule has 32 heavy (non-hydrogen) atoms. The Balaban J connectivity index is 1.70. The zero-order chi connectivity index (χ0) is 23.5. The molecule has 0 saturated heterocycles. The molecule has 0 N–H and O–H groups in total. The third kappa shape index (κ3) is 8.74. The molecule has 2 heterocycles. The second-order valence-corrected chi connectivity index (χ2v) is 8.65. The molecule has 0 aromatic carbocycles. The van der Waals surface area contributed by atoms with Crippen molar-refractivity contribution in [2.24, 2.45) is 5.92 Å². The fraction of sp³-hybridized carbons (Fsp3) is 0.481. The van der Waals surface area contributed by atoms with Crippen LogP contribution in [0.2, 0.25) is 0 Å². The molecule has 0 fully saturated rings. The molecule has 174 valence electrons. The lowest BCUT2D eigenvalue weighted by molar-refractivity contribution is -0.137. The van der Waals surface area contributed by atoms with Crippen LogP contribution < -0.4 is 0 Å². The van der Waals surface area contributed by atoms with E-state index in [-0.39, 0.29) is 11.7 Å². The summed E-state index contributed by atoms with van der Waals surface area (Å²) in [4.78, 5) is 23.1. The quantitative estimate of drug-likeness (QED) is 0.259. The smallest absolute Gasteiger partial charge is 0.343 e. The van der Waals surface area contributed by atoms with E-state index in [1.165, 1.54) is 23.6 Å². The maximum absolute atomic E-state index is 11.8. The van der Waals surface area contributed by atoms with Gasteiger partial charge in [-0.15, -0.1) is 0 Å². The molecule has 0 bridgehead atoms. The lowest BCUT2D eigenvalue weighted by Crippen LogP contribution is -2.02. The molecule has 1 aliphatic heterocycles. The van der Waals surface area contributed by atoms with Crippen molar-refractivity contribution in [1.29, 1.82) is 0 Å². The van der Waals surface area contributed by atoms with Gasteiger partial charge in [0.2, 0.25) is 0 Å². The Morgan fingerprint density at radius 3 is 2.53 bits per heavy atom. The fourth-order valence-corrected chi connectivity index (χ4v) is 3.60. The van der Waals surface area contributed by atoms with Gasteiger partial charge in [-0.1, -0.05) is 30.2 Å². The normalized spacial score (nSPS) is 17.2. The van der Waals surface area contributed by atoms with Crippen LogP contribution in [0.1, 0.15) is 78.7 Å². The standard InChI is InChI=1S/C27H36O5/c1-19(9-6-10-20(2)12-8-14-24-15-16-30-18-24)11-7-13-21(3)17-25-26(31-23(5)28)22(4)27(29)32-25/h9,12,15-18,21H,6-8,10-11,13-14H2,1-5H3/b19-9+,20-12+,25-17-/t21-/m1/s1. The van der Waals surface area contributed by atoms with Crippen molar-refractivity contribution in [2.45, 2.75) is 79.6 Å². The van der Waals surface area contributed by atoms with Crippen molar-refractivity contribution in [1.82, 2.24) is 0 Å². The number of hydrogen-bond acceptors (Lipinski definition) is 5. The first-order valence-electron chi connectivity index (χ1n) is 11.4. The molecule has 1 aromatic heterocycles. The zero-order valence-electron chi connectivity index (χ0n) is 20.0. The first kappa shape index (κ1) is 25.4. The number of carbonyl (C=O) groups excluding carboxylic acids is 2. The van der Waals surface area contributed by atoms with Gasteiger partial charge >= 0.3 is 11.9 Å². The van der Waals surface area contributed by atoms with Gasteiger partial charge in [0.1, 0.15) is 0 Å². The number of esters is 2. The predicted octanol–water partition coefficient (Wildman–Crippen LogP) is 6.97. The van der Waals surface area contributed by atoms with Crippen molar-refractivity contribution >= 4 is 11.9 Å². The Kier molecular flexibility index (Phi) is 10.3. The van der Waals surface area contributed by atoms with Crippen LogP contribution in [0.15, 0.2) is 69.5 Å². The predicted molar refractivity (Wildman–Crippen MR) is 125 cm³/mol. The maximum Gasteiger partial charge on any atom is 0.343 e. The second kappa shape index (κ2) is 12.9. The van der Waals surface area contributed by atoms with Crippen molar-refractivity contribution in [3.63, 3.8) is 0 Å². The average molecular weight is 441 g/mol. The molecule has 0 saturated carbocycles. The molecular formula is C27H36O5.